The van der Waals surface area contributed by atoms with E-state index in [1.54, 1.807) is 18.2 Å². The van der Waals surface area contributed by atoms with Crippen molar-refractivity contribution in [3.8, 4) is 6.07 Å². The van der Waals surface area contributed by atoms with Crippen molar-refractivity contribution in [3.63, 3.8) is 0 Å². The lowest BCUT2D eigenvalue weighted by atomic mass is 10.1. The van der Waals surface area contributed by atoms with Gasteiger partial charge in [-0.1, -0.05) is 19.1 Å². The maximum absolute atomic E-state index is 12.0. The van der Waals surface area contributed by atoms with Gasteiger partial charge in [0, 0.05) is 12.7 Å². The van der Waals surface area contributed by atoms with E-state index in [1.807, 2.05) is 13.0 Å². The molecule has 6 nitrogen and oxygen atoms in total. The Hall–Kier alpha value is -2.81. The molecular formula is C15H17N3O3. The van der Waals surface area contributed by atoms with Crippen molar-refractivity contribution in [2.45, 2.75) is 13.3 Å². The first-order chi connectivity index (χ1) is 10.1. The number of ether oxygens (including phenoxy) is 1. The molecule has 6 heteroatoms. The smallest absolute Gasteiger partial charge is 0.339 e. The molecular weight excluding hydrogens is 270 g/mol. The summed E-state index contributed by atoms with van der Waals surface area (Å²) in [5, 5.41) is 14.4. The third kappa shape index (κ3) is 4.66. The van der Waals surface area contributed by atoms with E-state index in [9.17, 15) is 9.59 Å². The van der Waals surface area contributed by atoms with E-state index in [0.29, 0.717) is 12.2 Å². The average molecular weight is 287 g/mol. The summed E-state index contributed by atoms with van der Waals surface area (Å²) >= 11 is 0. The zero-order valence-electron chi connectivity index (χ0n) is 12.0. The van der Waals surface area contributed by atoms with E-state index in [0.717, 1.165) is 6.42 Å². The monoisotopic (exact) mass is 287 g/mol. The SMILES string of the molecule is CCCN/C=C(/C#N)C(=O)Nc1ccccc1C(=O)OC. The van der Waals surface area contributed by atoms with Crippen molar-refractivity contribution < 1.29 is 14.3 Å². The van der Waals surface area contributed by atoms with E-state index in [2.05, 4.69) is 15.4 Å². The van der Waals surface area contributed by atoms with Crippen molar-refractivity contribution in [1.29, 1.82) is 5.26 Å². The molecule has 0 unspecified atom stereocenters. The number of amides is 1. The standard InChI is InChI=1S/C15H17N3O3/c1-3-8-17-10-11(9-16)14(19)18-13-7-5-4-6-12(13)15(20)21-2/h4-7,10,17H,3,8H2,1-2H3,(H,18,19)/b11-10-. The molecule has 1 amide bonds. The van der Waals surface area contributed by atoms with Gasteiger partial charge in [0.1, 0.15) is 11.6 Å². The third-order valence-electron chi connectivity index (χ3n) is 2.59. The first-order valence-corrected chi connectivity index (χ1v) is 6.46. The number of anilines is 1. The maximum Gasteiger partial charge on any atom is 0.339 e. The lowest BCUT2D eigenvalue weighted by Gasteiger charge is -2.09. The largest absolute Gasteiger partial charge is 0.465 e. The van der Waals surface area contributed by atoms with Crippen LogP contribution in [0.5, 0.6) is 0 Å². The number of nitrogens with one attached hydrogen (secondary N) is 2. The Labute approximate surface area is 123 Å². The number of methoxy groups -OCH3 is 1. The fourth-order valence-electron chi connectivity index (χ4n) is 1.54. The minimum Gasteiger partial charge on any atom is -0.465 e. The molecule has 0 aliphatic rings. The van der Waals surface area contributed by atoms with Crippen LogP contribution in [0.15, 0.2) is 36.0 Å². The molecule has 1 rings (SSSR count). The summed E-state index contributed by atoms with van der Waals surface area (Å²) in [6, 6.07) is 8.25. The van der Waals surface area contributed by atoms with Gasteiger partial charge in [0.2, 0.25) is 0 Å². The molecule has 21 heavy (non-hydrogen) atoms. The fraction of sp³-hybridized carbons (Fsp3) is 0.267. The minimum atomic E-state index is -0.586. The topological polar surface area (TPSA) is 91.2 Å². The number of esters is 1. The molecule has 0 saturated carbocycles. The van der Waals surface area contributed by atoms with Gasteiger partial charge >= 0.3 is 5.97 Å². The van der Waals surface area contributed by atoms with E-state index < -0.39 is 11.9 Å². The fourth-order valence-corrected chi connectivity index (χ4v) is 1.54. The molecule has 0 heterocycles. The molecule has 0 fully saturated rings. The molecule has 110 valence electrons. The first kappa shape index (κ1) is 16.2. The number of para-hydroxylation sites is 1. The first-order valence-electron chi connectivity index (χ1n) is 6.46. The van der Waals surface area contributed by atoms with Crippen molar-refractivity contribution >= 4 is 17.6 Å². The van der Waals surface area contributed by atoms with Crippen LogP contribution in [-0.2, 0) is 9.53 Å². The summed E-state index contributed by atoms with van der Waals surface area (Å²) in [6.45, 7) is 2.64. The van der Waals surface area contributed by atoms with Crippen molar-refractivity contribution in [2.24, 2.45) is 0 Å². The molecule has 0 radical (unpaired) electrons. The van der Waals surface area contributed by atoms with Gasteiger partial charge in [0.15, 0.2) is 0 Å². The summed E-state index contributed by atoms with van der Waals surface area (Å²) in [7, 11) is 1.26. The number of hydrogen-bond acceptors (Lipinski definition) is 5. The number of carbonyl (C=O) groups is 2. The highest BCUT2D eigenvalue weighted by Gasteiger charge is 2.15. The lowest BCUT2D eigenvalue weighted by Crippen LogP contribution is -2.18. The third-order valence-corrected chi connectivity index (χ3v) is 2.59. The van der Waals surface area contributed by atoms with Gasteiger partial charge < -0.3 is 15.4 Å². The predicted octanol–water partition coefficient (Wildman–Crippen LogP) is 1.82. The van der Waals surface area contributed by atoms with Crippen LogP contribution in [0.3, 0.4) is 0 Å². The van der Waals surface area contributed by atoms with Crippen LogP contribution < -0.4 is 10.6 Å². The van der Waals surface area contributed by atoms with E-state index in [1.165, 1.54) is 19.4 Å². The Morgan fingerprint density at radius 3 is 2.71 bits per heavy atom. The normalized spacial score (nSPS) is 10.4. The van der Waals surface area contributed by atoms with Gasteiger partial charge in [-0.05, 0) is 18.6 Å². The Balaban J connectivity index is 2.90. The summed E-state index contributed by atoms with van der Waals surface area (Å²) in [4.78, 5) is 23.6. The maximum atomic E-state index is 12.0. The van der Waals surface area contributed by atoms with E-state index in [-0.39, 0.29) is 11.1 Å². The second-order valence-electron chi connectivity index (χ2n) is 4.12. The zero-order chi connectivity index (χ0) is 15.7. The average Bonchev–Trinajstić information content (AvgIpc) is 2.51. The van der Waals surface area contributed by atoms with Crippen LogP contribution >= 0.6 is 0 Å². The molecule has 0 spiro atoms. The van der Waals surface area contributed by atoms with Crippen LogP contribution in [0.1, 0.15) is 23.7 Å². The Kier molecular flexibility index (Phi) is 6.48. The van der Waals surface area contributed by atoms with Crippen LogP contribution in [-0.4, -0.2) is 25.5 Å². The molecule has 0 bridgehead atoms. The number of nitriles is 1. The highest BCUT2D eigenvalue weighted by Crippen LogP contribution is 2.16. The molecule has 0 aromatic heterocycles. The van der Waals surface area contributed by atoms with Gasteiger partial charge in [0.05, 0.1) is 18.4 Å². The van der Waals surface area contributed by atoms with Crippen LogP contribution in [0.2, 0.25) is 0 Å². The summed E-state index contributed by atoms with van der Waals surface area (Å²) in [5.74, 6) is -1.14. The molecule has 1 aromatic carbocycles. The van der Waals surface area contributed by atoms with E-state index in [4.69, 9.17) is 5.26 Å². The van der Waals surface area contributed by atoms with Gasteiger partial charge in [-0.2, -0.15) is 5.26 Å². The van der Waals surface area contributed by atoms with Crippen LogP contribution in [0.4, 0.5) is 5.69 Å². The van der Waals surface area contributed by atoms with Gasteiger partial charge in [-0.15, -0.1) is 0 Å². The van der Waals surface area contributed by atoms with Gasteiger partial charge in [-0.25, -0.2) is 4.79 Å². The number of rotatable bonds is 6. The summed E-state index contributed by atoms with van der Waals surface area (Å²) in [5.41, 5.74) is 0.460. The van der Waals surface area contributed by atoms with E-state index >= 15 is 0 Å². The Bertz CT molecular complexity index is 588. The Morgan fingerprint density at radius 2 is 2.10 bits per heavy atom. The number of benzene rings is 1. The summed E-state index contributed by atoms with van der Waals surface area (Å²) < 4.78 is 4.64. The van der Waals surface area contributed by atoms with Crippen molar-refractivity contribution in [2.75, 3.05) is 19.0 Å². The number of hydrogen-bond donors (Lipinski definition) is 2. The predicted molar refractivity (Wildman–Crippen MR) is 78.4 cm³/mol. The van der Waals surface area contributed by atoms with Crippen molar-refractivity contribution in [1.82, 2.24) is 5.32 Å². The second kappa shape index (κ2) is 8.38. The quantitative estimate of drug-likeness (QED) is 0.360. The Morgan fingerprint density at radius 1 is 1.38 bits per heavy atom. The van der Waals surface area contributed by atoms with Crippen LogP contribution in [0, 0.1) is 11.3 Å². The van der Waals surface area contributed by atoms with Crippen molar-refractivity contribution in [3.05, 3.63) is 41.6 Å². The molecule has 0 aliphatic heterocycles. The molecule has 0 atom stereocenters. The molecule has 0 saturated heterocycles. The minimum absolute atomic E-state index is 0.0666. The highest BCUT2D eigenvalue weighted by molar-refractivity contribution is 6.09. The zero-order valence-corrected chi connectivity index (χ0v) is 12.0. The number of carbonyl (C=O) groups excluding carboxylic acids is 2. The molecule has 1 aromatic rings. The highest BCUT2D eigenvalue weighted by atomic mass is 16.5. The van der Waals surface area contributed by atoms with Gasteiger partial charge in [0.25, 0.3) is 5.91 Å². The lowest BCUT2D eigenvalue weighted by molar-refractivity contribution is -0.112. The van der Waals surface area contributed by atoms with Crippen LogP contribution in [0.25, 0.3) is 0 Å². The summed E-state index contributed by atoms with van der Waals surface area (Å²) in [6.07, 6.45) is 2.24. The molecule has 0 aliphatic carbocycles. The van der Waals surface area contributed by atoms with Gasteiger partial charge in [-0.3, -0.25) is 4.79 Å². The molecule has 2 N–H and O–H groups in total. The second-order valence-corrected chi connectivity index (χ2v) is 4.12. The number of nitrogens with zero attached hydrogens (tertiary/aromatic N) is 1.